The molecule has 1 heterocycles. The van der Waals surface area contributed by atoms with Gasteiger partial charge in [-0.2, -0.15) is 0 Å². The van der Waals surface area contributed by atoms with E-state index in [1.807, 2.05) is 0 Å². The van der Waals surface area contributed by atoms with Crippen molar-refractivity contribution >= 4 is 17.4 Å². The number of aromatic nitrogens is 1. The highest BCUT2D eigenvalue weighted by molar-refractivity contribution is 6.32. The van der Waals surface area contributed by atoms with Crippen molar-refractivity contribution in [1.82, 2.24) is 4.98 Å². The minimum absolute atomic E-state index is 0.218. The largest absolute Gasteiger partial charge is 0.289 e. The average Bonchev–Trinajstić information content (AvgIpc) is 2.32. The van der Waals surface area contributed by atoms with E-state index in [0.29, 0.717) is 16.1 Å². The van der Waals surface area contributed by atoms with Crippen LogP contribution in [-0.2, 0) is 0 Å². The van der Waals surface area contributed by atoms with Crippen LogP contribution in [0.1, 0.15) is 21.5 Å². The zero-order valence-electron chi connectivity index (χ0n) is 9.08. The maximum absolute atomic E-state index is 13.0. The Morgan fingerprint density at radius 3 is 2.82 bits per heavy atom. The average molecular weight is 250 g/mol. The van der Waals surface area contributed by atoms with E-state index in [1.165, 1.54) is 6.20 Å². The summed E-state index contributed by atoms with van der Waals surface area (Å²) in [7, 11) is 0. The molecule has 0 atom stereocenters. The zero-order valence-corrected chi connectivity index (χ0v) is 9.83. The Labute approximate surface area is 103 Å². The molecule has 0 aliphatic rings. The quantitative estimate of drug-likeness (QED) is 0.764. The van der Waals surface area contributed by atoms with Crippen LogP contribution in [0.4, 0.5) is 4.39 Å². The third-order valence-corrected chi connectivity index (χ3v) is 2.89. The molecule has 0 aliphatic carbocycles. The van der Waals surface area contributed by atoms with Crippen LogP contribution in [0.2, 0.25) is 5.02 Å². The molecule has 2 rings (SSSR count). The lowest BCUT2D eigenvalue weighted by Gasteiger charge is -2.06. The molecule has 0 amide bonds. The maximum Gasteiger partial charge on any atom is 0.194 e. The third-order valence-electron chi connectivity index (χ3n) is 2.48. The fourth-order valence-electron chi connectivity index (χ4n) is 1.54. The molecular formula is C13H9ClFNO. The first-order valence-electron chi connectivity index (χ1n) is 5.00. The minimum Gasteiger partial charge on any atom is -0.289 e. The number of nitrogens with zero attached hydrogens (tertiary/aromatic N) is 1. The standard InChI is InChI=1S/C13H9ClFNO/c1-8-11(3-2-4-12(8)14)13(17)9-5-10(15)7-16-6-9/h2-7H,1H3. The lowest BCUT2D eigenvalue weighted by Crippen LogP contribution is -2.05. The monoisotopic (exact) mass is 249 g/mol. The first kappa shape index (κ1) is 11.7. The molecule has 0 aliphatic heterocycles. The highest BCUT2D eigenvalue weighted by Gasteiger charge is 2.13. The summed E-state index contributed by atoms with van der Waals surface area (Å²) in [5, 5.41) is 0.514. The van der Waals surface area contributed by atoms with Gasteiger partial charge in [-0.15, -0.1) is 0 Å². The van der Waals surface area contributed by atoms with E-state index >= 15 is 0 Å². The molecule has 0 saturated heterocycles. The van der Waals surface area contributed by atoms with Crippen LogP contribution in [0.5, 0.6) is 0 Å². The van der Waals surface area contributed by atoms with Gasteiger partial charge in [-0.25, -0.2) is 4.39 Å². The van der Waals surface area contributed by atoms with E-state index in [1.54, 1.807) is 25.1 Å². The van der Waals surface area contributed by atoms with Gasteiger partial charge >= 0.3 is 0 Å². The summed E-state index contributed by atoms with van der Waals surface area (Å²) in [4.78, 5) is 15.8. The van der Waals surface area contributed by atoms with Crippen molar-refractivity contribution in [3.63, 3.8) is 0 Å². The van der Waals surface area contributed by atoms with Gasteiger partial charge in [0, 0.05) is 22.3 Å². The topological polar surface area (TPSA) is 30.0 Å². The van der Waals surface area contributed by atoms with E-state index in [2.05, 4.69) is 4.98 Å². The van der Waals surface area contributed by atoms with Crippen LogP contribution in [0, 0.1) is 12.7 Å². The fourth-order valence-corrected chi connectivity index (χ4v) is 1.72. The van der Waals surface area contributed by atoms with E-state index in [4.69, 9.17) is 11.6 Å². The van der Waals surface area contributed by atoms with E-state index in [0.717, 1.165) is 12.3 Å². The molecule has 1 aromatic heterocycles. The van der Waals surface area contributed by atoms with Gasteiger partial charge in [-0.3, -0.25) is 9.78 Å². The summed E-state index contributed by atoms with van der Waals surface area (Å²) < 4.78 is 13.0. The first-order chi connectivity index (χ1) is 8.09. The Morgan fingerprint density at radius 2 is 2.12 bits per heavy atom. The SMILES string of the molecule is Cc1c(Cl)cccc1C(=O)c1cncc(F)c1. The molecule has 0 N–H and O–H groups in total. The lowest BCUT2D eigenvalue weighted by atomic mass is 10.0. The van der Waals surface area contributed by atoms with Gasteiger partial charge in [0.05, 0.1) is 6.20 Å². The molecule has 0 radical (unpaired) electrons. The van der Waals surface area contributed by atoms with Crippen LogP contribution in [0.15, 0.2) is 36.7 Å². The number of ketones is 1. The Hall–Kier alpha value is -1.74. The normalized spacial score (nSPS) is 10.3. The van der Waals surface area contributed by atoms with Crippen molar-refractivity contribution in [2.45, 2.75) is 6.92 Å². The Morgan fingerprint density at radius 1 is 1.35 bits per heavy atom. The molecule has 0 bridgehead atoms. The zero-order chi connectivity index (χ0) is 12.4. The van der Waals surface area contributed by atoms with Gasteiger partial charge in [0.2, 0.25) is 0 Å². The molecule has 1 aromatic carbocycles. The van der Waals surface area contributed by atoms with Gasteiger partial charge in [-0.05, 0) is 24.6 Å². The molecule has 17 heavy (non-hydrogen) atoms. The number of halogens is 2. The van der Waals surface area contributed by atoms with Gasteiger partial charge < -0.3 is 0 Å². The molecule has 2 nitrogen and oxygen atoms in total. The number of carbonyl (C=O) groups is 1. The maximum atomic E-state index is 13.0. The highest BCUT2D eigenvalue weighted by Crippen LogP contribution is 2.21. The molecule has 0 fully saturated rings. The number of hydrogen-bond donors (Lipinski definition) is 0. The van der Waals surface area contributed by atoms with Crippen LogP contribution in [0.25, 0.3) is 0 Å². The summed E-state index contributed by atoms with van der Waals surface area (Å²) >= 11 is 5.93. The number of hydrogen-bond acceptors (Lipinski definition) is 2. The van der Waals surface area contributed by atoms with Crippen molar-refractivity contribution in [2.24, 2.45) is 0 Å². The van der Waals surface area contributed by atoms with E-state index in [-0.39, 0.29) is 11.3 Å². The van der Waals surface area contributed by atoms with Crippen LogP contribution < -0.4 is 0 Å². The second-order valence-corrected chi connectivity index (χ2v) is 4.04. The fraction of sp³-hybridized carbons (Fsp3) is 0.0769. The molecule has 0 unspecified atom stereocenters. The summed E-state index contributed by atoms with van der Waals surface area (Å²) in [6.07, 6.45) is 2.40. The second-order valence-electron chi connectivity index (χ2n) is 3.63. The number of rotatable bonds is 2. The van der Waals surface area contributed by atoms with Gasteiger partial charge in [0.15, 0.2) is 5.78 Å². The van der Waals surface area contributed by atoms with Crippen LogP contribution in [0.3, 0.4) is 0 Å². The van der Waals surface area contributed by atoms with E-state index in [9.17, 15) is 9.18 Å². The first-order valence-corrected chi connectivity index (χ1v) is 5.38. The minimum atomic E-state index is -0.532. The second kappa shape index (κ2) is 4.63. The van der Waals surface area contributed by atoms with Crippen molar-refractivity contribution in [1.29, 1.82) is 0 Å². The number of pyridine rings is 1. The smallest absolute Gasteiger partial charge is 0.194 e. The van der Waals surface area contributed by atoms with Crippen molar-refractivity contribution < 1.29 is 9.18 Å². The summed E-state index contributed by atoms with van der Waals surface area (Å²) in [5.41, 5.74) is 1.36. The number of carbonyl (C=O) groups excluding carboxylic acids is 1. The van der Waals surface area contributed by atoms with Crippen molar-refractivity contribution in [3.8, 4) is 0 Å². The molecular weight excluding hydrogens is 241 g/mol. The van der Waals surface area contributed by atoms with Gasteiger partial charge in [0.1, 0.15) is 5.82 Å². The summed E-state index contributed by atoms with van der Waals surface area (Å²) in [5.74, 6) is -0.812. The summed E-state index contributed by atoms with van der Waals surface area (Å²) in [6.45, 7) is 1.75. The Balaban J connectivity index is 2.48. The molecule has 86 valence electrons. The predicted octanol–water partition coefficient (Wildman–Crippen LogP) is 3.41. The highest BCUT2D eigenvalue weighted by atomic mass is 35.5. The van der Waals surface area contributed by atoms with Gasteiger partial charge in [0.25, 0.3) is 0 Å². The lowest BCUT2D eigenvalue weighted by molar-refractivity contribution is 0.103. The van der Waals surface area contributed by atoms with Crippen molar-refractivity contribution in [3.05, 3.63) is 64.2 Å². The molecule has 0 spiro atoms. The predicted molar refractivity (Wildman–Crippen MR) is 63.8 cm³/mol. The molecule has 0 saturated carbocycles. The summed E-state index contributed by atoms with van der Waals surface area (Å²) in [6, 6.07) is 6.22. The van der Waals surface area contributed by atoms with Crippen molar-refractivity contribution in [2.75, 3.05) is 0 Å². The molecule has 2 aromatic rings. The van der Waals surface area contributed by atoms with E-state index < -0.39 is 5.82 Å². The van der Waals surface area contributed by atoms with Crippen LogP contribution >= 0.6 is 11.6 Å². The molecule has 4 heteroatoms. The van der Waals surface area contributed by atoms with Crippen LogP contribution in [-0.4, -0.2) is 10.8 Å². The number of benzene rings is 1. The Bertz CT molecular complexity index is 583. The Kier molecular flexibility index (Phi) is 3.20. The van der Waals surface area contributed by atoms with Gasteiger partial charge in [-0.1, -0.05) is 23.7 Å². The third kappa shape index (κ3) is 2.34.